The SMILES string of the molecule is CCOC(=O)C1=CN2CCN(Cc3ccccc3)C(=O)[C@@H]2[C@@H]1CCO. The average Bonchev–Trinajstić information content (AvgIpc) is 2.98. The summed E-state index contributed by atoms with van der Waals surface area (Å²) in [6.45, 7) is 3.83. The van der Waals surface area contributed by atoms with E-state index in [9.17, 15) is 14.7 Å². The Bertz CT molecular complexity index is 659. The van der Waals surface area contributed by atoms with Crippen molar-refractivity contribution in [2.75, 3.05) is 26.3 Å². The number of benzene rings is 1. The largest absolute Gasteiger partial charge is 0.463 e. The molecule has 2 heterocycles. The first-order chi connectivity index (χ1) is 12.2. The number of esters is 1. The van der Waals surface area contributed by atoms with Crippen molar-refractivity contribution in [3.8, 4) is 0 Å². The first kappa shape index (κ1) is 17.5. The van der Waals surface area contributed by atoms with Crippen LogP contribution in [-0.4, -0.2) is 59.1 Å². The highest BCUT2D eigenvalue weighted by Gasteiger charge is 2.46. The number of ether oxygens (including phenoxy) is 1. The Balaban J connectivity index is 1.78. The van der Waals surface area contributed by atoms with Crippen LogP contribution in [0, 0.1) is 5.92 Å². The predicted octanol–water partition coefficient (Wildman–Crippen LogP) is 1.16. The van der Waals surface area contributed by atoms with Gasteiger partial charge in [-0.2, -0.15) is 0 Å². The molecule has 1 saturated heterocycles. The summed E-state index contributed by atoms with van der Waals surface area (Å²) in [5, 5.41) is 9.41. The van der Waals surface area contributed by atoms with Gasteiger partial charge in [0.1, 0.15) is 6.04 Å². The van der Waals surface area contributed by atoms with Gasteiger partial charge in [-0.05, 0) is 18.9 Å². The summed E-state index contributed by atoms with van der Waals surface area (Å²) in [5.41, 5.74) is 1.58. The summed E-state index contributed by atoms with van der Waals surface area (Å²) < 4.78 is 5.13. The number of aliphatic hydroxyl groups is 1. The van der Waals surface area contributed by atoms with Gasteiger partial charge in [0.15, 0.2) is 0 Å². The summed E-state index contributed by atoms with van der Waals surface area (Å²) in [7, 11) is 0. The van der Waals surface area contributed by atoms with E-state index in [2.05, 4.69) is 0 Å². The van der Waals surface area contributed by atoms with E-state index in [1.54, 1.807) is 13.1 Å². The lowest BCUT2D eigenvalue weighted by molar-refractivity contribution is -0.142. The maximum Gasteiger partial charge on any atom is 0.335 e. The fourth-order valence-corrected chi connectivity index (χ4v) is 3.64. The lowest BCUT2D eigenvalue weighted by Gasteiger charge is -2.39. The molecule has 1 fully saturated rings. The maximum atomic E-state index is 13.0. The third-order valence-corrected chi connectivity index (χ3v) is 4.80. The van der Waals surface area contributed by atoms with Crippen molar-refractivity contribution in [2.24, 2.45) is 5.92 Å². The van der Waals surface area contributed by atoms with Crippen molar-refractivity contribution in [1.82, 2.24) is 9.80 Å². The third kappa shape index (κ3) is 3.54. The van der Waals surface area contributed by atoms with Crippen LogP contribution in [0.2, 0.25) is 0 Å². The number of piperazine rings is 1. The second-order valence-corrected chi connectivity index (χ2v) is 6.35. The molecule has 0 aromatic heterocycles. The first-order valence-corrected chi connectivity index (χ1v) is 8.73. The zero-order valence-corrected chi connectivity index (χ0v) is 14.4. The van der Waals surface area contributed by atoms with E-state index in [-0.39, 0.29) is 18.4 Å². The van der Waals surface area contributed by atoms with Crippen molar-refractivity contribution in [2.45, 2.75) is 25.9 Å². The Morgan fingerprint density at radius 2 is 2.04 bits per heavy atom. The number of carbonyl (C=O) groups is 2. The zero-order chi connectivity index (χ0) is 17.8. The molecule has 0 spiro atoms. The number of amides is 1. The van der Waals surface area contributed by atoms with Gasteiger partial charge in [-0.15, -0.1) is 0 Å². The van der Waals surface area contributed by atoms with E-state index in [1.807, 2.05) is 40.1 Å². The second kappa shape index (κ2) is 7.70. The second-order valence-electron chi connectivity index (χ2n) is 6.35. The fourth-order valence-electron chi connectivity index (χ4n) is 3.64. The van der Waals surface area contributed by atoms with Crippen molar-refractivity contribution < 1.29 is 19.4 Å². The van der Waals surface area contributed by atoms with E-state index in [1.165, 1.54) is 0 Å². The highest BCUT2D eigenvalue weighted by molar-refractivity contribution is 5.93. The highest BCUT2D eigenvalue weighted by Crippen LogP contribution is 2.35. The van der Waals surface area contributed by atoms with Crippen LogP contribution in [0.3, 0.4) is 0 Å². The third-order valence-electron chi connectivity index (χ3n) is 4.80. The number of carbonyl (C=O) groups excluding carboxylic acids is 2. The number of hydrogen-bond donors (Lipinski definition) is 1. The van der Waals surface area contributed by atoms with Gasteiger partial charge >= 0.3 is 5.97 Å². The van der Waals surface area contributed by atoms with Gasteiger partial charge in [0.05, 0.1) is 12.2 Å². The Kier molecular flexibility index (Phi) is 5.38. The van der Waals surface area contributed by atoms with Crippen LogP contribution in [0.4, 0.5) is 0 Å². The van der Waals surface area contributed by atoms with Crippen molar-refractivity contribution in [3.63, 3.8) is 0 Å². The predicted molar refractivity (Wildman–Crippen MR) is 92.3 cm³/mol. The van der Waals surface area contributed by atoms with E-state index in [0.717, 1.165) is 5.56 Å². The summed E-state index contributed by atoms with van der Waals surface area (Å²) in [6, 6.07) is 9.45. The average molecular weight is 344 g/mol. The van der Waals surface area contributed by atoms with Crippen LogP contribution >= 0.6 is 0 Å². The van der Waals surface area contributed by atoms with E-state index < -0.39 is 12.0 Å². The van der Waals surface area contributed by atoms with Crippen molar-refractivity contribution >= 4 is 11.9 Å². The Morgan fingerprint density at radius 3 is 2.72 bits per heavy atom. The van der Waals surface area contributed by atoms with Crippen molar-refractivity contribution in [3.05, 3.63) is 47.7 Å². The summed E-state index contributed by atoms with van der Waals surface area (Å²) in [6.07, 6.45) is 2.12. The Morgan fingerprint density at radius 1 is 1.28 bits per heavy atom. The van der Waals surface area contributed by atoms with Gasteiger partial charge < -0.3 is 19.6 Å². The molecule has 2 aliphatic rings. The van der Waals surface area contributed by atoms with Crippen LogP contribution in [0.1, 0.15) is 18.9 Å². The molecule has 3 rings (SSSR count). The molecule has 1 N–H and O–H groups in total. The number of nitrogens with zero attached hydrogens (tertiary/aromatic N) is 2. The molecule has 0 unspecified atom stereocenters. The van der Waals surface area contributed by atoms with E-state index in [4.69, 9.17) is 4.74 Å². The molecule has 0 saturated carbocycles. The lowest BCUT2D eigenvalue weighted by Crippen LogP contribution is -2.55. The maximum absolute atomic E-state index is 13.0. The standard InChI is InChI=1S/C19H24N2O4/c1-2-25-19(24)16-13-20-9-10-21(12-14-6-4-3-5-7-14)18(23)17(20)15(16)8-11-22/h3-7,13,15,17,22H,2,8-12H2,1H3/t15-,17+/m1/s1. The molecule has 0 bridgehead atoms. The minimum absolute atomic E-state index is 0.00380. The van der Waals surface area contributed by atoms with Crippen LogP contribution in [0.25, 0.3) is 0 Å². The molecular formula is C19H24N2O4. The Hall–Kier alpha value is -2.34. The van der Waals surface area contributed by atoms with Gasteiger partial charge in [0.25, 0.3) is 0 Å². The van der Waals surface area contributed by atoms with E-state index in [0.29, 0.717) is 38.2 Å². The molecule has 2 aliphatic heterocycles. The zero-order valence-electron chi connectivity index (χ0n) is 14.4. The van der Waals surface area contributed by atoms with Gasteiger partial charge in [-0.25, -0.2) is 4.79 Å². The molecule has 6 heteroatoms. The van der Waals surface area contributed by atoms with Crippen LogP contribution < -0.4 is 0 Å². The first-order valence-electron chi connectivity index (χ1n) is 8.73. The summed E-state index contributed by atoms with van der Waals surface area (Å²) >= 11 is 0. The fraction of sp³-hybridized carbons (Fsp3) is 0.474. The number of aliphatic hydroxyl groups excluding tert-OH is 1. The quantitative estimate of drug-likeness (QED) is 0.784. The molecule has 1 aromatic rings. The summed E-state index contributed by atoms with van der Waals surface area (Å²) in [4.78, 5) is 29.0. The van der Waals surface area contributed by atoms with Crippen LogP contribution in [0.15, 0.2) is 42.1 Å². The Labute approximate surface area is 147 Å². The summed E-state index contributed by atoms with van der Waals surface area (Å²) in [5.74, 6) is -0.711. The monoisotopic (exact) mass is 344 g/mol. The van der Waals surface area contributed by atoms with Gasteiger partial charge in [-0.3, -0.25) is 4.79 Å². The van der Waals surface area contributed by atoms with Gasteiger partial charge in [0.2, 0.25) is 5.91 Å². The molecule has 25 heavy (non-hydrogen) atoms. The van der Waals surface area contributed by atoms with Gasteiger partial charge in [0, 0.05) is 38.4 Å². The minimum atomic E-state index is -0.427. The highest BCUT2D eigenvalue weighted by atomic mass is 16.5. The molecule has 2 atom stereocenters. The van der Waals surface area contributed by atoms with Gasteiger partial charge in [-0.1, -0.05) is 30.3 Å². The van der Waals surface area contributed by atoms with Crippen LogP contribution in [-0.2, 0) is 20.9 Å². The molecule has 1 aromatic carbocycles. The normalized spacial score (nSPS) is 22.6. The topological polar surface area (TPSA) is 70.1 Å². The van der Waals surface area contributed by atoms with Crippen molar-refractivity contribution in [1.29, 1.82) is 0 Å². The lowest BCUT2D eigenvalue weighted by atomic mass is 9.89. The number of rotatable bonds is 6. The number of hydrogen-bond acceptors (Lipinski definition) is 5. The minimum Gasteiger partial charge on any atom is -0.463 e. The molecule has 6 nitrogen and oxygen atoms in total. The van der Waals surface area contributed by atoms with E-state index >= 15 is 0 Å². The molecule has 0 radical (unpaired) electrons. The smallest absolute Gasteiger partial charge is 0.335 e. The number of fused-ring (bicyclic) bond motifs is 1. The molecule has 1 amide bonds. The molecular weight excluding hydrogens is 320 g/mol. The van der Waals surface area contributed by atoms with Crippen LogP contribution in [0.5, 0.6) is 0 Å². The molecule has 0 aliphatic carbocycles. The molecule has 134 valence electrons.